The number of carbonyl (C=O) groups excluding carboxylic acids is 2. The molecule has 3 unspecified atom stereocenters. The number of halogens is 2. The van der Waals surface area contributed by atoms with Crippen LogP contribution in [0.25, 0.3) is 11.1 Å². The minimum Gasteiger partial charge on any atom is -0.480 e. The standard InChI is InChI=1S/C26H28F2N2O5/c1-3-12-25(2,23(32)33)30-22(31)21-20(26(21,27)28)13-29-24(34)35-14-19-17-10-6-4-8-15(17)16-9-5-7-11-18(16)19/h4-11,19-21H,3,12-14H2,1-2H3,(H,29,34)(H,30,31)(H,32,33). The summed E-state index contributed by atoms with van der Waals surface area (Å²) in [6.45, 7) is 2.61. The lowest BCUT2D eigenvalue weighted by atomic mass is 9.96. The molecule has 35 heavy (non-hydrogen) atoms. The zero-order valence-electron chi connectivity index (χ0n) is 19.5. The Morgan fingerprint density at radius 2 is 1.63 bits per heavy atom. The summed E-state index contributed by atoms with van der Waals surface area (Å²) < 4.78 is 33.9. The van der Waals surface area contributed by atoms with Crippen LogP contribution in [0.4, 0.5) is 13.6 Å². The molecule has 9 heteroatoms. The molecule has 0 heterocycles. The number of aliphatic carboxylic acids is 1. The maximum Gasteiger partial charge on any atom is 0.407 e. The Bertz CT molecular complexity index is 1110. The number of carboxylic acids is 1. The van der Waals surface area contributed by atoms with Crippen LogP contribution in [0.5, 0.6) is 0 Å². The minimum absolute atomic E-state index is 0.0405. The number of alkyl halides is 2. The Balaban J connectivity index is 1.32. The summed E-state index contributed by atoms with van der Waals surface area (Å²) in [5.74, 6) is -8.96. The van der Waals surface area contributed by atoms with Crippen LogP contribution in [0, 0.1) is 11.8 Å². The molecule has 3 atom stereocenters. The van der Waals surface area contributed by atoms with Crippen molar-refractivity contribution < 1.29 is 33.0 Å². The van der Waals surface area contributed by atoms with Gasteiger partial charge in [-0.1, -0.05) is 61.9 Å². The number of nitrogens with one attached hydrogen (secondary N) is 2. The third kappa shape index (κ3) is 4.59. The van der Waals surface area contributed by atoms with E-state index in [-0.39, 0.29) is 18.9 Å². The average molecular weight is 487 g/mol. The summed E-state index contributed by atoms with van der Waals surface area (Å²) in [6, 6.07) is 15.7. The fourth-order valence-corrected chi connectivity index (χ4v) is 4.92. The van der Waals surface area contributed by atoms with Crippen molar-refractivity contribution in [2.75, 3.05) is 13.2 Å². The number of hydrogen-bond acceptors (Lipinski definition) is 4. The molecule has 1 saturated carbocycles. The van der Waals surface area contributed by atoms with E-state index in [2.05, 4.69) is 10.6 Å². The van der Waals surface area contributed by atoms with Gasteiger partial charge in [0.25, 0.3) is 5.92 Å². The van der Waals surface area contributed by atoms with Gasteiger partial charge in [-0.3, -0.25) is 4.79 Å². The van der Waals surface area contributed by atoms with Gasteiger partial charge in [0.15, 0.2) is 0 Å². The van der Waals surface area contributed by atoms with E-state index >= 15 is 0 Å². The van der Waals surface area contributed by atoms with Crippen molar-refractivity contribution in [2.45, 2.75) is 44.1 Å². The third-order valence-corrected chi connectivity index (χ3v) is 6.92. The molecule has 0 aliphatic heterocycles. The van der Waals surface area contributed by atoms with E-state index in [1.54, 1.807) is 6.92 Å². The normalized spacial score (nSPS) is 21.3. The molecular weight excluding hydrogens is 458 g/mol. The van der Waals surface area contributed by atoms with E-state index in [1.165, 1.54) is 6.92 Å². The van der Waals surface area contributed by atoms with E-state index < -0.39 is 47.8 Å². The van der Waals surface area contributed by atoms with Crippen LogP contribution < -0.4 is 10.6 Å². The molecule has 0 aromatic heterocycles. The lowest BCUT2D eigenvalue weighted by Crippen LogP contribution is -2.53. The summed E-state index contributed by atoms with van der Waals surface area (Å²) >= 11 is 0. The number of rotatable bonds is 9. The molecule has 2 aliphatic rings. The van der Waals surface area contributed by atoms with Crippen molar-refractivity contribution in [3.63, 3.8) is 0 Å². The molecule has 4 rings (SSSR count). The minimum atomic E-state index is -3.34. The van der Waals surface area contributed by atoms with Gasteiger partial charge in [0.1, 0.15) is 18.1 Å². The van der Waals surface area contributed by atoms with Crippen molar-refractivity contribution in [2.24, 2.45) is 11.8 Å². The first kappa shape index (κ1) is 24.6. The highest BCUT2D eigenvalue weighted by Gasteiger charge is 2.72. The summed E-state index contributed by atoms with van der Waals surface area (Å²) in [6.07, 6.45) is -0.290. The third-order valence-electron chi connectivity index (χ3n) is 6.92. The first-order valence-electron chi connectivity index (χ1n) is 11.6. The predicted molar refractivity (Wildman–Crippen MR) is 124 cm³/mol. The van der Waals surface area contributed by atoms with Gasteiger partial charge in [-0.05, 0) is 35.6 Å². The molecule has 0 saturated heterocycles. The SMILES string of the molecule is CCCC(C)(NC(=O)C1C(CNC(=O)OCC2c3ccccc3-c3ccccc32)C1(F)F)C(=O)O. The van der Waals surface area contributed by atoms with Gasteiger partial charge in [0.2, 0.25) is 5.91 Å². The maximum atomic E-state index is 14.3. The highest BCUT2D eigenvalue weighted by molar-refractivity contribution is 5.90. The van der Waals surface area contributed by atoms with Crippen LogP contribution in [-0.4, -0.2) is 47.7 Å². The second-order valence-electron chi connectivity index (χ2n) is 9.34. The highest BCUT2D eigenvalue weighted by Crippen LogP contribution is 2.55. The van der Waals surface area contributed by atoms with E-state index in [9.17, 15) is 28.3 Å². The second kappa shape index (κ2) is 9.28. The summed E-state index contributed by atoms with van der Waals surface area (Å²) in [5.41, 5.74) is 2.57. The monoisotopic (exact) mass is 486 g/mol. The summed E-state index contributed by atoms with van der Waals surface area (Å²) in [7, 11) is 0. The Morgan fingerprint density at radius 3 is 2.17 bits per heavy atom. The molecule has 2 aromatic rings. The number of amides is 2. The Hall–Kier alpha value is -3.49. The smallest absolute Gasteiger partial charge is 0.407 e. The van der Waals surface area contributed by atoms with Gasteiger partial charge in [0, 0.05) is 12.5 Å². The number of hydrogen-bond donors (Lipinski definition) is 3. The number of fused-ring (bicyclic) bond motifs is 3. The van der Waals surface area contributed by atoms with Crippen molar-refractivity contribution >= 4 is 18.0 Å². The first-order valence-corrected chi connectivity index (χ1v) is 11.6. The molecule has 0 bridgehead atoms. The number of carboxylic acid groups (broad SMARTS) is 1. The van der Waals surface area contributed by atoms with Crippen molar-refractivity contribution in [3.8, 4) is 11.1 Å². The van der Waals surface area contributed by atoms with E-state index in [0.29, 0.717) is 6.42 Å². The zero-order chi connectivity index (χ0) is 25.4. The summed E-state index contributed by atoms with van der Waals surface area (Å²) in [5, 5.41) is 14.0. The quantitative estimate of drug-likeness (QED) is 0.494. The molecule has 0 spiro atoms. The molecule has 186 valence electrons. The largest absolute Gasteiger partial charge is 0.480 e. The Morgan fingerprint density at radius 1 is 1.06 bits per heavy atom. The lowest BCUT2D eigenvalue weighted by molar-refractivity contribution is -0.147. The second-order valence-corrected chi connectivity index (χ2v) is 9.34. The predicted octanol–water partition coefficient (Wildman–Crippen LogP) is 4.17. The summed E-state index contributed by atoms with van der Waals surface area (Å²) in [4.78, 5) is 36.2. The zero-order valence-corrected chi connectivity index (χ0v) is 19.5. The van der Waals surface area contributed by atoms with E-state index in [4.69, 9.17) is 4.74 Å². The fourth-order valence-electron chi connectivity index (χ4n) is 4.92. The molecule has 2 amide bonds. The van der Waals surface area contributed by atoms with Gasteiger partial charge in [0.05, 0.1) is 5.92 Å². The first-order chi connectivity index (χ1) is 16.6. The van der Waals surface area contributed by atoms with Gasteiger partial charge < -0.3 is 20.5 Å². The molecule has 1 fully saturated rings. The number of ether oxygens (including phenoxy) is 1. The molecule has 2 aliphatic carbocycles. The van der Waals surface area contributed by atoms with Crippen LogP contribution in [0.2, 0.25) is 0 Å². The number of alkyl carbamates (subject to hydrolysis) is 1. The van der Waals surface area contributed by atoms with Crippen LogP contribution in [0.15, 0.2) is 48.5 Å². The van der Waals surface area contributed by atoms with Crippen molar-refractivity contribution in [1.82, 2.24) is 10.6 Å². The van der Waals surface area contributed by atoms with Crippen LogP contribution in [0.1, 0.15) is 43.7 Å². The number of benzene rings is 2. The van der Waals surface area contributed by atoms with Crippen LogP contribution in [0.3, 0.4) is 0 Å². The number of carbonyl (C=O) groups is 3. The van der Waals surface area contributed by atoms with Gasteiger partial charge >= 0.3 is 12.1 Å². The van der Waals surface area contributed by atoms with Crippen LogP contribution in [-0.2, 0) is 14.3 Å². The lowest BCUT2D eigenvalue weighted by Gasteiger charge is -2.25. The average Bonchev–Trinajstić information content (AvgIpc) is 3.23. The topological polar surface area (TPSA) is 105 Å². The van der Waals surface area contributed by atoms with E-state index in [0.717, 1.165) is 22.3 Å². The molecule has 3 N–H and O–H groups in total. The highest BCUT2D eigenvalue weighted by atomic mass is 19.3. The van der Waals surface area contributed by atoms with Crippen molar-refractivity contribution in [1.29, 1.82) is 0 Å². The van der Waals surface area contributed by atoms with Crippen LogP contribution >= 0.6 is 0 Å². The molecule has 0 radical (unpaired) electrons. The Labute approximate surface area is 201 Å². The molecule has 7 nitrogen and oxygen atoms in total. The maximum absolute atomic E-state index is 14.3. The van der Waals surface area contributed by atoms with Gasteiger partial charge in [-0.25, -0.2) is 18.4 Å². The fraction of sp³-hybridized carbons (Fsp3) is 0.423. The Kier molecular flexibility index (Phi) is 6.53. The van der Waals surface area contributed by atoms with Crippen molar-refractivity contribution in [3.05, 3.63) is 59.7 Å². The van der Waals surface area contributed by atoms with E-state index in [1.807, 2.05) is 48.5 Å². The van der Waals surface area contributed by atoms with Gasteiger partial charge in [-0.2, -0.15) is 0 Å². The molecular formula is C26H28F2N2O5. The van der Waals surface area contributed by atoms with Gasteiger partial charge in [-0.15, -0.1) is 0 Å². The molecule has 2 aromatic carbocycles.